The molecule has 0 amide bonds. The van der Waals surface area contributed by atoms with Crippen molar-refractivity contribution in [2.75, 3.05) is 5.32 Å². The lowest BCUT2D eigenvalue weighted by molar-refractivity contribution is 0.0979. The third kappa shape index (κ3) is 3.24. The molecule has 0 saturated carbocycles. The molecule has 5 rings (SSSR count). The van der Waals surface area contributed by atoms with Gasteiger partial charge in [-0.05, 0) is 30.3 Å². The molecule has 148 valence electrons. The van der Waals surface area contributed by atoms with Crippen LogP contribution in [0.25, 0.3) is 0 Å². The van der Waals surface area contributed by atoms with Crippen molar-refractivity contribution in [1.29, 1.82) is 0 Å². The number of fused-ring (bicyclic) bond motifs is 2. The number of benzene rings is 4. The molecule has 4 nitrogen and oxygen atoms in total. The zero-order valence-corrected chi connectivity index (χ0v) is 16.5. The zero-order valence-electron chi connectivity index (χ0n) is 16.5. The minimum atomic E-state index is -0.177. The number of nitrogens with one attached hydrogen (secondary N) is 1. The molecule has 1 aliphatic rings. The van der Waals surface area contributed by atoms with Crippen LogP contribution in [0.1, 0.15) is 47.8 Å². The van der Waals surface area contributed by atoms with Crippen molar-refractivity contribution in [3.63, 3.8) is 0 Å². The van der Waals surface area contributed by atoms with Crippen molar-refractivity contribution >= 4 is 28.7 Å². The maximum Gasteiger partial charge on any atom is 0.196 e. The number of carbonyl (C=O) groups is 3. The molecule has 0 aliphatic heterocycles. The van der Waals surface area contributed by atoms with Crippen LogP contribution in [-0.2, 0) is 0 Å². The largest absolute Gasteiger partial charge is 0.355 e. The van der Waals surface area contributed by atoms with E-state index in [0.717, 1.165) is 5.69 Å². The molecule has 31 heavy (non-hydrogen) atoms. The molecule has 0 saturated heterocycles. The first kappa shape index (κ1) is 18.7. The summed E-state index contributed by atoms with van der Waals surface area (Å²) in [6, 6.07) is 28.3. The summed E-state index contributed by atoms with van der Waals surface area (Å²) in [5.74, 6) is -0.386. The minimum Gasteiger partial charge on any atom is -0.355 e. The van der Waals surface area contributed by atoms with Crippen molar-refractivity contribution < 1.29 is 14.4 Å². The quantitative estimate of drug-likeness (QED) is 0.406. The second-order valence-corrected chi connectivity index (χ2v) is 7.33. The van der Waals surface area contributed by atoms with Crippen molar-refractivity contribution in [1.82, 2.24) is 0 Å². The normalized spacial score (nSPS) is 12.1. The zero-order chi connectivity index (χ0) is 21.4. The SMILES string of the molecule is O=C(c1ccccc1)c1ccc(Nc2cccc3c2C(=O)c2ccccc2C3=O)cc1. The first-order valence-electron chi connectivity index (χ1n) is 9.92. The molecule has 4 aromatic carbocycles. The second kappa shape index (κ2) is 7.50. The molecule has 1 N–H and O–H groups in total. The van der Waals surface area contributed by atoms with Gasteiger partial charge in [0.25, 0.3) is 0 Å². The number of rotatable bonds is 4. The molecule has 4 heteroatoms. The summed E-state index contributed by atoms with van der Waals surface area (Å²) < 4.78 is 0. The van der Waals surface area contributed by atoms with Gasteiger partial charge in [-0.3, -0.25) is 14.4 Å². The highest BCUT2D eigenvalue weighted by atomic mass is 16.1. The summed E-state index contributed by atoms with van der Waals surface area (Å²) in [6.07, 6.45) is 0. The predicted octanol–water partition coefficient (Wildman–Crippen LogP) is 5.44. The van der Waals surface area contributed by atoms with Gasteiger partial charge in [0, 0.05) is 33.5 Å². The Hall–Kier alpha value is -4.31. The van der Waals surface area contributed by atoms with Crippen molar-refractivity contribution in [2.24, 2.45) is 0 Å². The van der Waals surface area contributed by atoms with Crippen LogP contribution in [0.3, 0.4) is 0 Å². The van der Waals surface area contributed by atoms with E-state index in [1.165, 1.54) is 0 Å². The van der Waals surface area contributed by atoms with Crippen LogP contribution in [0.2, 0.25) is 0 Å². The molecule has 0 radical (unpaired) electrons. The van der Waals surface area contributed by atoms with Crippen LogP contribution >= 0.6 is 0 Å². The molecule has 0 aromatic heterocycles. The fourth-order valence-corrected chi connectivity index (χ4v) is 3.87. The molecule has 0 heterocycles. The lowest BCUT2D eigenvalue weighted by atomic mass is 9.83. The average molecular weight is 403 g/mol. The molecule has 0 fully saturated rings. The minimum absolute atomic E-state index is 0.0541. The van der Waals surface area contributed by atoms with Crippen molar-refractivity contribution in [3.8, 4) is 0 Å². The van der Waals surface area contributed by atoms with E-state index in [-0.39, 0.29) is 17.3 Å². The molecular weight excluding hydrogens is 386 g/mol. The Labute approximate surface area is 179 Å². The molecule has 0 atom stereocenters. The predicted molar refractivity (Wildman–Crippen MR) is 119 cm³/mol. The monoisotopic (exact) mass is 403 g/mol. The molecule has 4 aromatic rings. The Balaban J connectivity index is 1.46. The Kier molecular flexibility index (Phi) is 4.53. The van der Waals surface area contributed by atoms with E-state index >= 15 is 0 Å². The van der Waals surface area contributed by atoms with Gasteiger partial charge in [0.05, 0.1) is 11.3 Å². The summed E-state index contributed by atoms with van der Waals surface area (Å²) in [5.41, 5.74) is 4.10. The first-order valence-corrected chi connectivity index (χ1v) is 9.92. The highest BCUT2D eigenvalue weighted by Crippen LogP contribution is 2.33. The van der Waals surface area contributed by atoms with E-state index in [1.54, 1.807) is 78.9 Å². The maximum atomic E-state index is 13.1. The van der Waals surface area contributed by atoms with Gasteiger partial charge in [-0.1, -0.05) is 66.7 Å². The van der Waals surface area contributed by atoms with Crippen LogP contribution in [0.5, 0.6) is 0 Å². The van der Waals surface area contributed by atoms with Crippen LogP contribution in [-0.4, -0.2) is 17.3 Å². The topological polar surface area (TPSA) is 63.2 Å². The van der Waals surface area contributed by atoms with E-state index in [1.807, 2.05) is 18.2 Å². The number of hydrogen-bond acceptors (Lipinski definition) is 4. The summed E-state index contributed by atoms with van der Waals surface area (Å²) in [4.78, 5) is 38.6. The van der Waals surface area contributed by atoms with Crippen LogP contribution in [0, 0.1) is 0 Å². The Bertz CT molecular complexity index is 1340. The lowest BCUT2D eigenvalue weighted by Gasteiger charge is -2.20. The van der Waals surface area contributed by atoms with Gasteiger partial charge in [0.15, 0.2) is 17.3 Å². The van der Waals surface area contributed by atoms with E-state index < -0.39 is 0 Å². The third-order valence-corrected chi connectivity index (χ3v) is 5.41. The Morgan fingerprint density at radius 1 is 0.548 bits per heavy atom. The molecule has 0 unspecified atom stereocenters. The maximum absolute atomic E-state index is 13.1. The number of ketones is 3. The Morgan fingerprint density at radius 3 is 1.84 bits per heavy atom. The summed E-state index contributed by atoms with van der Waals surface area (Å²) in [6.45, 7) is 0. The highest BCUT2D eigenvalue weighted by molar-refractivity contribution is 6.30. The summed E-state index contributed by atoms with van der Waals surface area (Å²) in [7, 11) is 0. The van der Waals surface area contributed by atoms with Crippen molar-refractivity contribution in [2.45, 2.75) is 0 Å². The van der Waals surface area contributed by atoms with Gasteiger partial charge in [-0.25, -0.2) is 0 Å². The standard InChI is InChI=1S/C27H17NO3/c29-25(17-7-2-1-3-8-17)18-13-15-19(16-14-18)28-23-12-6-11-22-24(23)27(31)21-10-5-4-9-20(21)26(22)30/h1-16,28H. The average Bonchev–Trinajstić information content (AvgIpc) is 2.83. The second-order valence-electron chi connectivity index (χ2n) is 7.33. The highest BCUT2D eigenvalue weighted by Gasteiger charge is 2.31. The number of hydrogen-bond donors (Lipinski definition) is 1. The van der Waals surface area contributed by atoms with Gasteiger partial charge in [-0.2, -0.15) is 0 Å². The van der Waals surface area contributed by atoms with Gasteiger partial charge >= 0.3 is 0 Å². The van der Waals surface area contributed by atoms with Gasteiger partial charge in [0.1, 0.15) is 0 Å². The lowest BCUT2D eigenvalue weighted by Crippen LogP contribution is -2.22. The summed E-state index contributed by atoms with van der Waals surface area (Å²) >= 11 is 0. The molecule has 0 spiro atoms. The van der Waals surface area contributed by atoms with Crippen LogP contribution in [0.4, 0.5) is 11.4 Å². The van der Waals surface area contributed by atoms with E-state index in [9.17, 15) is 14.4 Å². The van der Waals surface area contributed by atoms with E-state index in [2.05, 4.69) is 5.32 Å². The fourth-order valence-electron chi connectivity index (χ4n) is 3.87. The first-order chi connectivity index (χ1) is 15.1. The van der Waals surface area contributed by atoms with Crippen LogP contribution < -0.4 is 5.32 Å². The van der Waals surface area contributed by atoms with Gasteiger partial charge in [-0.15, -0.1) is 0 Å². The summed E-state index contributed by atoms with van der Waals surface area (Å²) in [5, 5.41) is 3.24. The third-order valence-electron chi connectivity index (χ3n) is 5.41. The Morgan fingerprint density at radius 2 is 1.13 bits per heavy atom. The number of carbonyl (C=O) groups excluding carboxylic acids is 3. The van der Waals surface area contributed by atoms with E-state index in [4.69, 9.17) is 0 Å². The number of anilines is 2. The van der Waals surface area contributed by atoms with Crippen molar-refractivity contribution in [3.05, 3.63) is 130 Å². The molecule has 1 aliphatic carbocycles. The van der Waals surface area contributed by atoms with Gasteiger partial charge in [0.2, 0.25) is 0 Å². The fraction of sp³-hybridized carbons (Fsp3) is 0. The van der Waals surface area contributed by atoms with Gasteiger partial charge < -0.3 is 5.32 Å². The molecule has 0 bridgehead atoms. The smallest absolute Gasteiger partial charge is 0.196 e. The van der Waals surface area contributed by atoms with Crippen LogP contribution in [0.15, 0.2) is 97.1 Å². The molecular formula is C27H17NO3. The van der Waals surface area contributed by atoms with E-state index in [0.29, 0.717) is 39.1 Å².